The highest BCUT2D eigenvalue weighted by Crippen LogP contribution is 2.36. The molecule has 6 nitrogen and oxygen atoms in total. The first-order valence-electron chi connectivity index (χ1n) is 8.93. The average Bonchev–Trinajstić information content (AvgIpc) is 3.13. The number of rotatable bonds is 4. The summed E-state index contributed by atoms with van der Waals surface area (Å²) >= 11 is 0. The summed E-state index contributed by atoms with van der Waals surface area (Å²) in [5.74, 6) is 1.92. The van der Waals surface area contributed by atoms with Crippen LogP contribution in [0.25, 0.3) is 22.0 Å². The van der Waals surface area contributed by atoms with Gasteiger partial charge in [-0.2, -0.15) is 0 Å². The molecule has 27 heavy (non-hydrogen) atoms. The highest BCUT2D eigenvalue weighted by Gasteiger charge is 2.14. The lowest BCUT2D eigenvalue weighted by atomic mass is 10.0. The number of aromatic nitrogens is 1. The number of carbonyl (C=O) groups excluding carboxylic acids is 1. The molecule has 0 aliphatic carbocycles. The van der Waals surface area contributed by atoms with E-state index in [1.165, 1.54) is 0 Å². The molecule has 4 rings (SSSR count). The number of hydrogen-bond acceptors (Lipinski definition) is 4. The zero-order valence-corrected chi connectivity index (χ0v) is 15.3. The number of ether oxygens (including phenoxy) is 2. The fraction of sp³-hybridized carbons (Fsp3) is 0.238. The maximum Gasteiger partial charge on any atom is 0.319 e. The minimum absolute atomic E-state index is 0.208. The first-order chi connectivity index (χ1) is 13.1. The van der Waals surface area contributed by atoms with E-state index in [0.29, 0.717) is 18.2 Å². The lowest BCUT2D eigenvalue weighted by molar-refractivity contribution is 0.174. The highest BCUT2D eigenvalue weighted by atomic mass is 16.7. The molecule has 0 atom stereocenters. The van der Waals surface area contributed by atoms with Crippen LogP contribution in [0.4, 0.5) is 10.5 Å². The van der Waals surface area contributed by atoms with E-state index in [1.807, 2.05) is 42.6 Å². The Bertz CT molecular complexity index is 1000. The Morgan fingerprint density at radius 1 is 1.07 bits per heavy atom. The molecular formula is C21H21N3O3. The van der Waals surface area contributed by atoms with E-state index in [9.17, 15) is 4.79 Å². The van der Waals surface area contributed by atoms with Crippen molar-refractivity contribution in [1.29, 1.82) is 0 Å². The predicted molar refractivity (Wildman–Crippen MR) is 105 cm³/mol. The first kappa shape index (κ1) is 17.1. The number of anilines is 1. The largest absolute Gasteiger partial charge is 0.454 e. The quantitative estimate of drug-likeness (QED) is 0.720. The van der Waals surface area contributed by atoms with E-state index in [0.717, 1.165) is 33.5 Å². The van der Waals surface area contributed by atoms with Crippen molar-refractivity contribution >= 4 is 22.6 Å². The van der Waals surface area contributed by atoms with Gasteiger partial charge < -0.3 is 20.1 Å². The van der Waals surface area contributed by atoms with Crippen molar-refractivity contribution in [3.8, 4) is 22.6 Å². The lowest BCUT2D eigenvalue weighted by Gasteiger charge is -2.10. The van der Waals surface area contributed by atoms with Gasteiger partial charge in [-0.05, 0) is 41.8 Å². The highest BCUT2D eigenvalue weighted by molar-refractivity contribution is 5.93. The van der Waals surface area contributed by atoms with Gasteiger partial charge in [-0.15, -0.1) is 0 Å². The van der Waals surface area contributed by atoms with E-state index >= 15 is 0 Å². The number of benzene rings is 2. The maximum atomic E-state index is 11.9. The second-order valence-electron chi connectivity index (χ2n) is 6.93. The lowest BCUT2D eigenvalue weighted by Crippen LogP contribution is -2.31. The summed E-state index contributed by atoms with van der Waals surface area (Å²) < 4.78 is 10.8. The molecule has 138 valence electrons. The zero-order chi connectivity index (χ0) is 18.8. The first-order valence-corrected chi connectivity index (χ1v) is 8.93. The van der Waals surface area contributed by atoms with Gasteiger partial charge in [-0.1, -0.05) is 26.0 Å². The fourth-order valence-corrected chi connectivity index (χ4v) is 2.91. The Balaban J connectivity index is 1.54. The summed E-state index contributed by atoms with van der Waals surface area (Å²) in [6, 6.07) is 13.4. The normalized spacial score (nSPS) is 12.4. The van der Waals surface area contributed by atoms with Crippen molar-refractivity contribution in [2.45, 2.75) is 13.8 Å². The van der Waals surface area contributed by atoms with Crippen LogP contribution in [0.2, 0.25) is 0 Å². The van der Waals surface area contributed by atoms with Crippen LogP contribution in [-0.4, -0.2) is 24.4 Å². The molecule has 0 spiro atoms. The third kappa shape index (κ3) is 3.79. The summed E-state index contributed by atoms with van der Waals surface area (Å²) in [5, 5.41) is 6.68. The molecule has 1 aromatic heterocycles. The van der Waals surface area contributed by atoms with Gasteiger partial charge in [0.2, 0.25) is 6.79 Å². The number of fused-ring (bicyclic) bond motifs is 2. The Morgan fingerprint density at radius 3 is 2.78 bits per heavy atom. The molecule has 2 aromatic carbocycles. The van der Waals surface area contributed by atoms with Crippen LogP contribution in [0, 0.1) is 5.92 Å². The van der Waals surface area contributed by atoms with E-state index in [-0.39, 0.29) is 12.8 Å². The van der Waals surface area contributed by atoms with Crippen molar-refractivity contribution in [3.05, 3.63) is 48.7 Å². The van der Waals surface area contributed by atoms with Gasteiger partial charge in [0.05, 0.1) is 5.52 Å². The van der Waals surface area contributed by atoms with Crippen LogP contribution in [0.1, 0.15) is 13.8 Å². The fourth-order valence-electron chi connectivity index (χ4n) is 2.91. The summed E-state index contributed by atoms with van der Waals surface area (Å²) in [6.07, 6.45) is 1.82. The molecule has 2 heterocycles. The molecular weight excluding hydrogens is 342 g/mol. The molecule has 0 saturated heterocycles. The number of nitrogens with zero attached hydrogens (tertiary/aromatic N) is 1. The number of hydrogen-bond donors (Lipinski definition) is 2. The number of amides is 2. The van der Waals surface area contributed by atoms with Crippen molar-refractivity contribution in [2.24, 2.45) is 5.92 Å². The molecule has 3 aromatic rings. The van der Waals surface area contributed by atoms with Crippen LogP contribution in [0.15, 0.2) is 48.7 Å². The molecule has 0 unspecified atom stereocenters. The smallest absolute Gasteiger partial charge is 0.319 e. The van der Waals surface area contributed by atoms with Crippen molar-refractivity contribution in [3.63, 3.8) is 0 Å². The molecule has 6 heteroatoms. The number of carbonyl (C=O) groups is 1. The van der Waals surface area contributed by atoms with Gasteiger partial charge >= 0.3 is 6.03 Å². The average molecular weight is 363 g/mol. The Hall–Kier alpha value is -3.28. The van der Waals surface area contributed by atoms with Crippen LogP contribution in [0.5, 0.6) is 11.5 Å². The van der Waals surface area contributed by atoms with Gasteiger partial charge in [0.1, 0.15) is 0 Å². The minimum Gasteiger partial charge on any atom is -0.454 e. The molecule has 0 bridgehead atoms. The van der Waals surface area contributed by atoms with Gasteiger partial charge in [0, 0.05) is 29.4 Å². The minimum atomic E-state index is -0.208. The molecule has 1 aliphatic rings. The number of urea groups is 1. The Kier molecular flexibility index (Phi) is 4.54. The molecule has 0 saturated carbocycles. The van der Waals surface area contributed by atoms with Crippen LogP contribution in [0.3, 0.4) is 0 Å². The third-order valence-corrected chi connectivity index (χ3v) is 4.32. The van der Waals surface area contributed by atoms with E-state index in [2.05, 4.69) is 35.5 Å². The van der Waals surface area contributed by atoms with Gasteiger partial charge in [-0.3, -0.25) is 4.98 Å². The predicted octanol–water partition coefficient (Wildman–Crippen LogP) is 4.41. The van der Waals surface area contributed by atoms with Crippen LogP contribution in [-0.2, 0) is 0 Å². The van der Waals surface area contributed by atoms with Gasteiger partial charge in [0.15, 0.2) is 11.5 Å². The SMILES string of the molecule is CC(C)CNC(=O)Nc1ccc2cc(-c3ccc4c(c3)OCO4)cnc2c1. The number of pyridine rings is 1. The van der Waals surface area contributed by atoms with E-state index in [1.54, 1.807) is 0 Å². The summed E-state index contributed by atoms with van der Waals surface area (Å²) in [4.78, 5) is 16.5. The monoisotopic (exact) mass is 363 g/mol. The molecule has 2 amide bonds. The van der Waals surface area contributed by atoms with Gasteiger partial charge in [-0.25, -0.2) is 4.79 Å². The zero-order valence-electron chi connectivity index (χ0n) is 15.3. The second-order valence-corrected chi connectivity index (χ2v) is 6.93. The standard InChI is InChI=1S/C21H21N3O3/c1-13(2)10-23-21(25)24-17-5-3-15-7-16(11-22-18(15)9-17)14-4-6-19-20(8-14)27-12-26-19/h3-9,11,13H,10,12H2,1-2H3,(H2,23,24,25). The molecule has 0 fully saturated rings. The topological polar surface area (TPSA) is 72.5 Å². The second kappa shape index (κ2) is 7.15. The third-order valence-electron chi connectivity index (χ3n) is 4.32. The Morgan fingerprint density at radius 2 is 1.93 bits per heavy atom. The van der Waals surface area contributed by atoms with Crippen molar-refractivity contribution in [1.82, 2.24) is 10.3 Å². The van der Waals surface area contributed by atoms with Gasteiger partial charge in [0.25, 0.3) is 0 Å². The molecule has 2 N–H and O–H groups in total. The number of nitrogens with one attached hydrogen (secondary N) is 2. The van der Waals surface area contributed by atoms with Crippen LogP contribution < -0.4 is 20.1 Å². The van der Waals surface area contributed by atoms with Crippen LogP contribution >= 0.6 is 0 Å². The maximum absolute atomic E-state index is 11.9. The molecule has 0 radical (unpaired) electrons. The van der Waals surface area contributed by atoms with Crippen molar-refractivity contribution < 1.29 is 14.3 Å². The Labute approximate surface area is 157 Å². The van der Waals surface area contributed by atoms with E-state index < -0.39 is 0 Å². The molecule has 1 aliphatic heterocycles. The summed E-state index contributed by atoms with van der Waals surface area (Å²) in [7, 11) is 0. The van der Waals surface area contributed by atoms with Crippen molar-refractivity contribution in [2.75, 3.05) is 18.7 Å². The summed E-state index contributed by atoms with van der Waals surface area (Å²) in [5.41, 5.74) is 3.55. The van der Waals surface area contributed by atoms with E-state index in [4.69, 9.17) is 9.47 Å². The summed E-state index contributed by atoms with van der Waals surface area (Å²) in [6.45, 7) is 5.00.